The van der Waals surface area contributed by atoms with Crippen LogP contribution in [0.25, 0.3) is 0 Å². The van der Waals surface area contributed by atoms with E-state index >= 15 is 0 Å². The second-order valence-corrected chi connectivity index (χ2v) is 7.78. The molecule has 162 valence electrons. The standard InChI is InChI=1S/C20H24N2O.C2HF3O2/c1-2-5-18(6-3-1)19-13-20(23-15-19)9-4-12-22(16-20)14-17-7-10-21-11-8-17;3-2(4,5)1(6)7/h1-3,5-8,10-11,19H,4,9,12-16H2;(H,6,7). The van der Waals surface area contributed by atoms with Crippen LogP contribution in [-0.4, -0.2) is 52.4 Å². The number of alkyl halides is 3. The van der Waals surface area contributed by atoms with Crippen molar-refractivity contribution in [3.05, 3.63) is 66.0 Å². The van der Waals surface area contributed by atoms with E-state index in [1.54, 1.807) is 0 Å². The van der Waals surface area contributed by atoms with E-state index in [-0.39, 0.29) is 5.60 Å². The number of likely N-dealkylation sites (tertiary alicyclic amines) is 1. The molecule has 2 aliphatic heterocycles. The summed E-state index contributed by atoms with van der Waals surface area (Å²) in [5.74, 6) is -2.20. The first-order valence-electron chi connectivity index (χ1n) is 9.88. The average Bonchev–Trinajstić information content (AvgIpc) is 3.12. The van der Waals surface area contributed by atoms with Gasteiger partial charge in [-0.15, -0.1) is 0 Å². The maximum absolute atomic E-state index is 10.6. The van der Waals surface area contributed by atoms with Crippen LogP contribution in [0.5, 0.6) is 0 Å². The number of aromatic nitrogens is 1. The minimum atomic E-state index is -5.08. The molecule has 30 heavy (non-hydrogen) atoms. The molecule has 4 rings (SSSR count). The highest BCUT2D eigenvalue weighted by Crippen LogP contribution is 2.41. The average molecular weight is 422 g/mol. The Labute approximate surface area is 173 Å². The molecule has 5 nitrogen and oxygen atoms in total. The molecule has 0 amide bonds. The molecule has 0 saturated carbocycles. The monoisotopic (exact) mass is 422 g/mol. The summed E-state index contributed by atoms with van der Waals surface area (Å²) in [6.45, 7) is 4.10. The summed E-state index contributed by atoms with van der Waals surface area (Å²) in [4.78, 5) is 15.6. The summed E-state index contributed by atoms with van der Waals surface area (Å²) in [6.07, 6.45) is 2.26. The van der Waals surface area contributed by atoms with Crippen molar-refractivity contribution in [3.63, 3.8) is 0 Å². The molecule has 2 aromatic rings. The second kappa shape index (κ2) is 9.57. The molecule has 8 heteroatoms. The van der Waals surface area contributed by atoms with Gasteiger partial charge in [-0.1, -0.05) is 30.3 Å². The number of aliphatic carboxylic acids is 1. The number of halogens is 3. The summed E-state index contributed by atoms with van der Waals surface area (Å²) in [5.41, 5.74) is 2.83. The highest BCUT2D eigenvalue weighted by atomic mass is 19.4. The maximum Gasteiger partial charge on any atom is 0.490 e. The highest BCUT2D eigenvalue weighted by molar-refractivity contribution is 5.73. The first-order valence-corrected chi connectivity index (χ1v) is 9.88. The number of pyridine rings is 1. The Morgan fingerprint density at radius 1 is 1.20 bits per heavy atom. The Balaban J connectivity index is 0.000000318. The lowest BCUT2D eigenvalue weighted by molar-refractivity contribution is -0.192. The van der Waals surface area contributed by atoms with E-state index in [9.17, 15) is 13.2 Å². The van der Waals surface area contributed by atoms with Crippen molar-refractivity contribution in [2.45, 2.75) is 43.5 Å². The fourth-order valence-corrected chi connectivity index (χ4v) is 4.14. The lowest BCUT2D eigenvalue weighted by Gasteiger charge is -2.40. The SMILES string of the molecule is O=C(O)C(F)(F)F.c1ccc(C2COC3(CCCN(Cc4ccncc4)C3)C2)cc1. The van der Waals surface area contributed by atoms with Crippen LogP contribution < -0.4 is 0 Å². The van der Waals surface area contributed by atoms with Crippen LogP contribution in [0, 0.1) is 0 Å². The van der Waals surface area contributed by atoms with E-state index in [0.717, 1.165) is 26.1 Å². The smallest absolute Gasteiger partial charge is 0.475 e. The molecule has 2 unspecified atom stereocenters. The minimum Gasteiger partial charge on any atom is -0.475 e. The van der Waals surface area contributed by atoms with Crippen LogP contribution in [0.15, 0.2) is 54.9 Å². The van der Waals surface area contributed by atoms with Crippen molar-refractivity contribution in [1.29, 1.82) is 0 Å². The number of benzene rings is 1. The number of hydrogen-bond donors (Lipinski definition) is 1. The quantitative estimate of drug-likeness (QED) is 0.801. The van der Waals surface area contributed by atoms with Crippen molar-refractivity contribution in [2.24, 2.45) is 0 Å². The van der Waals surface area contributed by atoms with Crippen LogP contribution >= 0.6 is 0 Å². The van der Waals surface area contributed by atoms with Gasteiger partial charge in [-0.3, -0.25) is 9.88 Å². The predicted octanol–water partition coefficient (Wildman–Crippen LogP) is 4.25. The molecule has 1 N–H and O–H groups in total. The Kier molecular flexibility index (Phi) is 7.10. The van der Waals surface area contributed by atoms with Crippen LogP contribution in [0.4, 0.5) is 13.2 Å². The summed E-state index contributed by atoms with van der Waals surface area (Å²) < 4.78 is 38.1. The molecular weight excluding hydrogens is 397 g/mol. The number of nitrogens with zero attached hydrogens (tertiary/aromatic N) is 2. The first-order chi connectivity index (χ1) is 14.3. The van der Waals surface area contributed by atoms with Gasteiger partial charge in [0.15, 0.2) is 0 Å². The summed E-state index contributed by atoms with van der Waals surface area (Å²) in [5, 5.41) is 7.12. The molecule has 2 saturated heterocycles. The third kappa shape index (κ3) is 6.03. The molecule has 1 aromatic carbocycles. The number of piperidine rings is 1. The van der Waals surface area contributed by atoms with Crippen molar-refractivity contribution in [2.75, 3.05) is 19.7 Å². The Morgan fingerprint density at radius 2 is 1.87 bits per heavy atom. The molecule has 2 atom stereocenters. The van der Waals surface area contributed by atoms with Gasteiger partial charge in [0.1, 0.15) is 0 Å². The molecule has 0 aliphatic carbocycles. The van der Waals surface area contributed by atoms with Gasteiger partial charge in [0, 0.05) is 31.4 Å². The number of ether oxygens (including phenoxy) is 1. The van der Waals surface area contributed by atoms with Gasteiger partial charge in [-0.25, -0.2) is 4.79 Å². The van der Waals surface area contributed by atoms with E-state index < -0.39 is 12.1 Å². The Bertz CT molecular complexity index is 817. The van der Waals surface area contributed by atoms with Crippen LogP contribution in [0.2, 0.25) is 0 Å². The fraction of sp³-hybridized carbons (Fsp3) is 0.455. The summed E-state index contributed by atoms with van der Waals surface area (Å²) in [7, 11) is 0. The number of carboxylic acid groups (broad SMARTS) is 1. The largest absolute Gasteiger partial charge is 0.490 e. The van der Waals surface area contributed by atoms with Gasteiger partial charge in [0.2, 0.25) is 0 Å². The zero-order valence-corrected chi connectivity index (χ0v) is 16.5. The first kappa shape index (κ1) is 22.2. The van der Waals surface area contributed by atoms with E-state index in [2.05, 4.69) is 52.3 Å². The van der Waals surface area contributed by atoms with Gasteiger partial charge in [-0.05, 0) is 49.1 Å². The van der Waals surface area contributed by atoms with E-state index in [4.69, 9.17) is 14.6 Å². The number of carbonyl (C=O) groups is 1. The van der Waals surface area contributed by atoms with E-state index in [1.165, 1.54) is 30.5 Å². The van der Waals surface area contributed by atoms with Crippen molar-refractivity contribution < 1.29 is 27.8 Å². The lowest BCUT2D eigenvalue weighted by atomic mass is 9.84. The number of rotatable bonds is 3. The normalized spacial score (nSPS) is 24.3. The van der Waals surface area contributed by atoms with Gasteiger partial charge >= 0.3 is 12.1 Å². The maximum atomic E-state index is 10.6. The Hall–Kier alpha value is -2.45. The molecule has 0 bridgehead atoms. The zero-order valence-electron chi connectivity index (χ0n) is 16.5. The molecule has 3 heterocycles. The third-order valence-corrected chi connectivity index (χ3v) is 5.50. The van der Waals surface area contributed by atoms with Crippen molar-refractivity contribution >= 4 is 5.97 Å². The van der Waals surface area contributed by atoms with Gasteiger partial charge in [-0.2, -0.15) is 13.2 Å². The van der Waals surface area contributed by atoms with Gasteiger partial charge in [0.05, 0.1) is 12.2 Å². The highest BCUT2D eigenvalue weighted by Gasteiger charge is 2.43. The van der Waals surface area contributed by atoms with Crippen molar-refractivity contribution in [3.8, 4) is 0 Å². The lowest BCUT2D eigenvalue weighted by Crippen LogP contribution is -2.47. The van der Waals surface area contributed by atoms with Gasteiger partial charge < -0.3 is 9.84 Å². The van der Waals surface area contributed by atoms with Crippen LogP contribution in [0.3, 0.4) is 0 Å². The second-order valence-electron chi connectivity index (χ2n) is 7.78. The summed E-state index contributed by atoms with van der Waals surface area (Å²) >= 11 is 0. The molecule has 0 radical (unpaired) electrons. The van der Waals surface area contributed by atoms with Crippen LogP contribution in [0.1, 0.15) is 36.3 Å². The predicted molar refractivity (Wildman–Crippen MR) is 105 cm³/mol. The molecule has 1 spiro atoms. The van der Waals surface area contributed by atoms with Crippen LogP contribution in [-0.2, 0) is 16.1 Å². The minimum absolute atomic E-state index is 0.0613. The van der Waals surface area contributed by atoms with E-state index in [1.807, 2.05) is 12.4 Å². The van der Waals surface area contributed by atoms with Crippen molar-refractivity contribution in [1.82, 2.24) is 9.88 Å². The van der Waals surface area contributed by atoms with Gasteiger partial charge in [0.25, 0.3) is 0 Å². The fourth-order valence-electron chi connectivity index (χ4n) is 4.14. The van der Waals surface area contributed by atoms with E-state index in [0.29, 0.717) is 5.92 Å². The zero-order chi connectivity index (χ0) is 21.6. The number of carboxylic acids is 1. The molecule has 2 fully saturated rings. The molecular formula is C22H25F3N2O3. The third-order valence-electron chi connectivity index (χ3n) is 5.50. The topological polar surface area (TPSA) is 62.7 Å². The molecule has 1 aromatic heterocycles. The molecule has 2 aliphatic rings. The number of hydrogen-bond acceptors (Lipinski definition) is 4. The Morgan fingerprint density at radius 3 is 2.50 bits per heavy atom. The summed E-state index contributed by atoms with van der Waals surface area (Å²) in [6, 6.07) is 15.1.